The van der Waals surface area contributed by atoms with E-state index in [1.54, 1.807) is 30.1 Å². The van der Waals surface area contributed by atoms with E-state index in [4.69, 9.17) is 15.7 Å². The van der Waals surface area contributed by atoms with Crippen LogP contribution in [0.4, 0.5) is 17.1 Å². The minimum absolute atomic E-state index is 0.00326. The molecule has 10 heteroatoms. The zero-order chi connectivity index (χ0) is 24.4. The summed E-state index contributed by atoms with van der Waals surface area (Å²) in [6.07, 6.45) is -2.07. The van der Waals surface area contributed by atoms with Crippen LogP contribution in [0.2, 0.25) is 0 Å². The van der Waals surface area contributed by atoms with Crippen molar-refractivity contribution in [3.8, 4) is 6.07 Å². The number of carbonyl (C=O) groups is 3. The second-order valence-electron chi connectivity index (χ2n) is 8.17. The summed E-state index contributed by atoms with van der Waals surface area (Å²) >= 11 is 0. The number of ether oxygens (including phenoxy) is 1. The molecule has 2 aromatic carbocycles. The van der Waals surface area contributed by atoms with Crippen LogP contribution in [0.15, 0.2) is 36.4 Å². The second-order valence-corrected chi connectivity index (χ2v) is 8.17. The van der Waals surface area contributed by atoms with Crippen molar-refractivity contribution in [2.75, 3.05) is 35.3 Å². The number of hydrogen-bond donors (Lipinski definition) is 3. The number of hydrogen-bond acceptors (Lipinski definition) is 7. The molecular formula is C24H25N5O5. The average Bonchev–Trinajstić information content (AvgIpc) is 2.85. The highest BCUT2D eigenvalue weighted by atomic mass is 16.5. The minimum Gasteiger partial charge on any atom is -0.380 e. The van der Waals surface area contributed by atoms with Crippen LogP contribution >= 0.6 is 0 Å². The molecule has 1 fully saturated rings. The molecule has 0 unspecified atom stereocenters. The Morgan fingerprint density at radius 3 is 2.82 bits per heavy atom. The van der Waals surface area contributed by atoms with Crippen molar-refractivity contribution in [2.45, 2.75) is 31.6 Å². The lowest BCUT2D eigenvalue weighted by Crippen LogP contribution is -2.55. The van der Waals surface area contributed by atoms with Crippen molar-refractivity contribution in [2.24, 2.45) is 5.73 Å². The molecule has 1 saturated heterocycles. The fourth-order valence-corrected chi connectivity index (χ4v) is 4.18. The summed E-state index contributed by atoms with van der Waals surface area (Å²) in [6.45, 7) is 0.478. The number of morpholine rings is 1. The summed E-state index contributed by atoms with van der Waals surface area (Å²) in [5.74, 6) is -1.37. The van der Waals surface area contributed by atoms with E-state index < -0.39 is 24.0 Å². The van der Waals surface area contributed by atoms with Gasteiger partial charge in [0.05, 0.1) is 18.2 Å². The Bertz CT molecular complexity index is 1190. The number of aliphatic hydroxyl groups is 1. The van der Waals surface area contributed by atoms with Crippen LogP contribution in [0.1, 0.15) is 23.1 Å². The van der Waals surface area contributed by atoms with E-state index in [2.05, 4.69) is 5.32 Å². The van der Waals surface area contributed by atoms with E-state index in [-0.39, 0.29) is 25.6 Å². The second kappa shape index (κ2) is 9.61. The molecule has 2 aliphatic rings. The molecule has 2 aliphatic heterocycles. The first-order chi connectivity index (χ1) is 16.3. The molecule has 3 amide bonds. The molecule has 10 nitrogen and oxygen atoms in total. The maximum atomic E-state index is 13.1. The third-order valence-corrected chi connectivity index (χ3v) is 6.11. The summed E-state index contributed by atoms with van der Waals surface area (Å²) in [4.78, 5) is 40.9. The Balaban J connectivity index is 1.50. The molecule has 0 aliphatic carbocycles. The lowest BCUT2D eigenvalue weighted by molar-refractivity contribution is -0.150. The van der Waals surface area contributed by atoms with Gasteiger partial charge < -0.3 is 30.7 Å². The van der Waals surface area contributed by atoms with Crippen molar-refractivity contribution in [1.29, 1.82) is 5.26 Å². The zero-order valence-corrected chi connectivity index (χ0v) is 18.7. The molecule has 34 heavy (non-hydrogen) atoms. The van der Waals surface area contributed by atoms with Crippen molar-refractivity contribution >= 4 is 34.8 Å². The van der Waals surface area contributed by atoms with Gasteiger partial charge in [-0.2, -0.15) is 5.26 Å². The van der Waals surface area contributed by atoms with E-state index in [0.717, 1.165) is 11.3 Å². The normalized spacial score (nSPS) is 18.8. The molecule has 0 saturated carbocycles. The predicted molar refractivity (Wildman–Crippen MR) is 124 cm³/mol. The smallest absolute Gasteiger partial charge is 0.259 e. The molecule has 4 rings (SSSR count). The first-order valence-electron chi connectivity index (χ1n) is 10.9. The lowest BCUT2D eigenvalue weighted by atomic mass is 10.0. The molecule has 0 spiro atoms. The SMILES string of the molecule is CN1C(=O)CCc2ccc(N3CCO[C@H]([C@@H](O)C(=O)Nc4ccc(C#N)c(CN)c4)C3=O)cc21. The number of benzene rings is 2. The van der Waals surface area contributed by atoms with Gasteiger partial charge in [0, 0.05) is 43.6 Å². The van der Waals surface area contributed by atoms with E-state index >= 15 is 0 Å². The molecule has 2 heterocycles. The minimum atomic E-state index is -1.76. The monoisotopic (exact) mass is 463 g/mol. The molecule has 0 bridgehead atoms. The maximum absolute atomic E-state index is 13.1. The molecule has 4 N–H and O–H groups in total. The number of fused-ring (bicyclic) bond motifs is 1. The fourth-order valence-electron chi connectivity index (χ4n) is 4.18. The highest BCUT2D eigenvalue weighted by molar-refractivity contribution is 6.04. The van der Waals surface area contributed by atoms with Crippen LogP contribution in [0.25, 0.3) is 0 Å². The number of carbonyl (C=O) groups excluding carboxylic acids is 3. The number of anilines is 3. The van der Waals surface area contributed by atoms with Crippen molar-refractivity contribution in [1.82, 2.24) is 0 Å². The topological polar surface area (TPSA) is 149 Å². The summed E-state index contributed by atoms with van der Waals surface area (Å²) in [5.41, 5.74) is 9.23. The summed E-state index contributed by atoms with van der Waals surface area (Å²) in [7, 11) is 1.70. The third-order valence-electron chi connectivity index (χ3n) is 6.11. The van der Waals surface area contributed by atoms with Gasteiger partial charge in [-0.05, 0) is 47.9 Å². The number of rotatable bonds is 5. The van der Waals surface area contributed by atoms with Crippen LogP contribution in [-0.2, 0) is 32.1 Å². The number of nitrogens with two attached hydrogens (primary N) is 1. The van der Waals surface area contributed by atoms with E-state index in [9.17, 15) is 19.5 Å². The van der Waals surface area contributed by atoms with Crippen LogP contribution in [-0.4, -0.2) is 55.2 Å². The largest absolute Gasteiger partial charge is 0.380 e. The molecule has 0 radical (unpaired) electrons. The number of nitriles is 1. The lowest BCUT2D eigenvalue weighted by Gasteiger charge is -2.35. The van der Waals surface area contributed by atoms with Gasteiger partial charge in [0.1, 0.15) is 0 Å². The predicted octanol–water partition coefficient (Wildman–Crippen LogP) is 0.657. The number of aryl methyl sites for hydroxylation is 1. The number of aliphatic hydroxyl groups excluding tert-OH is 1. The van der Waals surface area contributed by atoms with Gasteiger partial charge in [0.25, 0.3) is 11.8 Å². The van der Waals surface area contributed by atoms with Gasteiger partial charge in [0.2, 0.25) is 5.91 Å². The van der Waals surface area contributed by atoms with Gasteiger partial charge in [-0.3, -0.25) is 14.4 Å². The summed E-state index contributed by atoms with van der Waals surface area (Å²) < 4.78 is 5.47. The summed E-state index contributed by atoms with van der Waals surface area (Å²) in [6, 6.07) is 12.0. The fraction of sp³-hybridized carbons (Fsp3) is 0.333. The quantitative estimate of drug-likeness (QED) is 0.590. The van der Waals surface area contributed by atoms with Crippen molar-refractivity contribution in [3.63, 3.8) is 0 Å². The van der Waals surface area contributed by atoms with E-state index in [1.165, 1.54) is 17.0 Å². The zero-order valence-electron chi connectivity index (χ0n) is 18.7. The highest BCUT2D eigenvalue weighted by Crippen LogP contribution is 2.32. The van der Waals surface area contributed by atoms with Gasteiger partial charge in [-0.25, -0.2) is 0 Å². The summed E-state index contributed by atoms with van der Waals surface area (Å²) in [5, 5.41) is 22.3. The van der Waals surface area contributed by atoms with Crippen molar-refractivity contribution in [3.05, 3.63) is 53.1 Å². The van der Waals surface area contributed by atoms with Gasteiger partial charge in [0.15, 0.2) is 12.2 Å². The van der Waals surface area contributed by atoms with Gasteiger partial charge in [-0.1, -0.05) is 6.07 Å². The Labute approximate surface area is 196 Å². The first-order valence-corrected chi connectivity index (χ1v) is 10.9. The van der Waals surface area contributed by atoms with E-state index in [1.807, 2.05) is 12.1 Å². The molecular weight excluding hydrogens is 438 g/mol. The third kappa shape index (κ3) is 4.36. The van der Waals surface area contributed by atoms with Crippen LogP contribution < -0.4 is 20.9 Å². The maximum Gasteiger partial charge on any atom is 0.259 e. The Morgan fingerprint density at radius 2 is 2.09 bits per heavy atom. The molecule has 176 valence electrons. The molecule has 2 atom stereocenters. The van der Waals surface area contributed by atoms with Crippen molar-refractivity contribution < 1.29 is 24.2 Å². The van der Waals surface area contributed by atoms with E-state index in [0.29, 0.717) is 35.3 Å². The molecule has 2 aromatic rings. The molecule has 0 aromatic heterocycles. The number of amides is 3. The highest BCUT2D eigenvalue weighted by Gasteiger charge is 2.39. The Hall–Kier alpha value is -3.78. The standard InChI is InChI=1S/C24H25N5O5/c1-28-19-11-18(6-3-14(19)4-7-20(28)30)29-8-9-34-22(24(29)33)21(31)23(32)27-17-5-2-15(12-25)16(10-17)13-26/h2-3,5-6,10-11,21-22,31H,4,7-9,13,26H2,1H3,(H,27,32)/t21-,22-/m1/s1. The first kappa shape index (κ1) is 23.4. The van der Waals surface area contributed by atoms with Gasteiger partial charge >= 0.3 is 0 Å². The van der Waals surface area contributed by atoms with Gasteiger partial charge in [-0.15, -0.1) is 0 Å². The van der Waals surface area contributed by atoms with Crippen LogP contribution in [0.3, 0.4) is 0 Å². The number of nitrogens with zero attached hydrogens (tertiary/aromatic N) is 3. The van der Waals surface area contributed by atoms with Crippen LogP contribution in [0, 0.1) is 11.3 Å². The Morgan fingerprint density at radius 1 is 1.29 bits per heavy atom. The Kier molecular flexibility index (Phi) is 6.61. The average molecular weight is 463 g/mol. The van der Waals surface area contributed by atoms with Crippen LogP contribution in [0.5, 0.6) is 0 Å². The number of nitrogens with one attached hydrogen (secondary N) is 1.